The fraction of sp³-hybridized carbons (Fsp3) is 0.300. The zero-order valence-corrected chi connectivity index (χ0v) is 11.8. The number of nitrogens with one attached hydrogen (secondary N) is 2. The Morgan fingerprint density at radius 1 is 1.53 bits per heavy atom. The van der Waals surface area contributed by atoms with E-state index in [1.165, 1.54) is 22.7 Å². The first-order chi connectivity index (χ1) is 8.04. The van der Waals surface area contributed by atoms with Crippen molar-refractivity contribution in [2.45, 2.75) is 20.3 Å². The van der Waals surface area contributed by atoms with Crippen LogP contribution in [0.3, 0.4) is 0 Å². The van der Waals surface area contributed by atoms with Crippen molar-refractivity contribution >= 4 is 45.9 Å². The smallest absolute Gasteiger partial charge is 0.231 e. The molecule has 0 atom stereocenters. The van der Waals surface area contributed by atoms with Gasteiger partial charge in [0.1, 0.15) is 0 Å². The molecular weight excluding hydrogens is 274 g/mol. The zero-order valence-electron chi connectivity index (χ0n) is 9.36. The second-order valence-electron chi connectivity index (χ2n) is 3.56. The number of H-pyrrole nitrogens is 1. The van der Waals surface area contributed by atoms with Gasteiger partial charge in [0, 0.05) is 21.6 Å². The normalized spacial score (nSPS) is 10.5. The third-order valence-electron chi connectivity index (χ3n) is 2.11. The highest BCUT2D eigenvalue weighted by atomic mass is 32.1. The van der Waals surface area contributed by atoms with Crippen molar-refractivity contribution in [2.75, 3.05) is 5.32 Å². The van der Waals surface area contributed by atoms with E-state index in [4.69, 9.17) is 12.2 Å². The first-order valence-electron chi connectivity index (χ1n) is 4.95. The average Bonchev–Trinajstić information content (AvgIpc) is 2.74. The van der Waals surface area contributed by atoms with E-state index in [1.807, 2.05) is 13.8 Å². The minimum absolute atomic E-state index is 0.0623. The Labute approximate surface area is 112 Å². The molecule has 90 valence electrons. The Kier molecular flexibility index (Phi) is 3.70. The van der Waals surface area contributed by atoms with Crippen molar-refractivity contribution in [1.29, 1.82) is 0 Å². The molecule has 2 rings (SSSR count). The Bertz CT molecular complexity index is 596. The van der Waals surface area contributed by atoms with E-state index in [1.54, 1.807) is 6.20 Å². The van der Waals surface area contributed by atoms with Crippen LogP contribution in [0.1, 0.15) is 15.4 Å². The van der Waals surface area contributed by atoms with Gasteiger partial charge in [0.05, 0.1) is 6.42 Å². The van der Waals surface area contributed by atoms with Crippen LogP contribution >= 0.6 is 34.9 Å². The summed E-state index contributed by atoms with van der Waals surface area (Å²) in [5.41, 5.74) is 0.963. The molecule has 2 N–H and O–H groups in total. The average molecular weight is 285 g/mol. The Morgan fingerprint density at radius 2 is 2.29 bits per heavy atom. The van der Waals surface area contributed by atoms with Gasteiger partial charge >= 0.3 is 0 Å². The number of thiazole rings is 2. The summed E-state index contributed by atoms with van der Waals surface area (Å²) in [6.45, 7) is 3.87. The SMILES string of the molecule is Cc1cnc(NC(=O)Cc2sc(=S)[nH]c2C)s1. The van der Waals surface area contributed by atoms with Crippen LogP contribution < -0.4 is 5.32 Å². The summed E-state index contributed by atoms with van der Waals surface area (Å²) in [6, 6.07) is 0. The molecule has 1 amide bonds. The summed E-state index contributed by atoms with van der Waals surface area (Å²) in [5.74, 6) is -0.0623. The monoisotopic (exact) mass is 285 g/mol. The highest BCUT2D eigenvalue weighted by molar-refractivity contribution is 7.73. The Hall–Kier alpha value is -1.05. The standard InChI is InChI=1S/C10H11N3OS3/c1-5-4-11-9(16-5)13-8(14)3-7-6(2)12-10(15)17-7/h4H,3H2,1-2H3,(H,12,15)(H,11,13,14). The number of rotatable bonds is 3. The third-order valence-corrected chi connectivity index (χ3v) is 4.28. The molecule has 0 saturated heterocycles. The van der Waals surface area contributed by atoms with E-state index in [0.717, 1.165) is 15.4 Å². The lowest BCUT2D eigenvalue weighted by Crippen LogP contribution is -2.13. The topological polar surface area (TPSA) is 57.8 Å². The van der Waals surface area contributed by atoms with Crippen molar-refractivity contribution in [1.82, 2.24) is 9.97 Å². The lowest BCUT2D eigenvalue weighted by molar-refractivity contribution is -0.115. The summed E-state index contributed by atoms with van der Waals surface area (Å²) >= 11 is 7.94. The molecule has 17 heavy (non-hydrogen) atoms. The molecule has 0 bridgehead atoms. The molecule has 4 nitrogen and oxygen atoms in total. The molecule has 2 heterocycles. The van der Waals surface area contributed by atoms with Crippen LogP contribution in [0.15, 0.2) is 6.20 Å². The molecule has 0 saturated carbocycles. The van der Waals surface area contributed by atoms with Crippen molar-refractivity contribution in [3.8, 4) is 0 Å². The van der Waals surface area contributed by atoms with Crippen molar-refractivity contribution in [3.63, 3.8) is 0 Å². The van der Waals surface area contributed by atoms with E-state index in [9.17, 15) is 4.79 Å². The van der Waals surface area contributed by atoms with Crippen LogP contribution in [0, 0.1) is 17.8 Å². The van der Waals surface area contributed by atoms with Gasteiger partial charge in [-0.2, -0.15) is 0 Å². The second kappa shape index (κ2) is 5.07. The Balaban J connectivity index is 2.02. The summed E-state index contributed by atoms with van der Waals surface area (Å²) in [6.07, 6.45) is 2.08. The number of aromatic amines is 1. The minimum Gasteiger partial charge on any atom is -0.341 e. The maximum atomic E-state index is 11.8. The van der Waals surface area contributed by atoms with Crippen LogP contribution in [0.25, 0.3) is 0 Å². The first-order valence-corrected chi connectivity index (χ1v) is 6.99. The lowest BCUT2D eigenvalue weighted by Gasteiger charge is -2.00. The number of aryl methyl sites for hydroxylation is 2. The van der Waals surface area contributed by atoms with Crippen molar-refractivity contribution in [3.05, 3.63) is 25.6 Å². The van der Waals surface area contributed by atoms with Crippen LogP contribution in [0.5, 0.6) is 0 Å². The molecule has 0 aromatic carbocycles. The van der Waals surface area contributed by atoms with Crippen LogP contribution in [0.2, 0.25) is 0 Å². The summed E-state index contributed by atoms with van der Waals surface area (Å²) in [4.78, 5) is 20.9. The van der Waals surface area contributed by atoms with Gasteiger partial charge in [-0.1, -0.05) is 0 Å². The first kappa shape index (κ1) is 12.4. The molecule has 0 spiro atoms. The van der Waals surface area contributed by atoms with Gasteiger partial charge in [0.15, 0.2) is 9.09 Å². The predicted molar refractivity (Wildman–Crippen MR) is 73.4 cm³/mol. The molecular formula is C10H11N3OS3. The van der Waals surface area contributed by atoms with Crippen LogP contribution in [-0.4, -0.2) is 15.9 Å². The van der Waals surface area contributed by atoms with E-state index < -0.39 is 0 Å². The van der Waals surface area contributed by atoms with Crippen LogP contribution in [-0.2, 0) is 11.2 Å². The molecule has 0 aliphatic rings. The summed E-state index contributed by atoms with van der Waals surface area (Å²) < 4.78 is 0.704. The number of carbonyl (C=O) groups excluding carboxylic acids is 1. The highest BCUT2D eigenvalue weighted by Crippen LogP contribution is 2.19. The molecule has 2 aromatic rings. The second-order valence-corrected chi connectivity index (χ2v) is 6.57. The molecule has 7 heteroatoms. The third kappa shape index (κ3) is 3.21. The number of hydrogen-bond acceptors (Lipinski definition) is 5. The van der Waals surface area contributed by atoms with Gasteiger partial charge in [-0.15, -0.1) is 22.7 Å². The molecule has 0 radical (unpaired) electrons. The zero-order chi connectivity index (χ0) is 12.4. The van der Waals surface area contributed by atoms with Gasteiger partial charge < -0.3 is 10.3 Å². The summed E-state index contributed by atoms with van der Waals surface area (Å²) in [7, 11) is 0. The minimum atomic E-state index is -0.0623. The molecule has 0 aliphatic heterocycles. The maximum Gasteiger partial charge on any atom is 0.231 e. The maximum absolute atomic E-state index is 11.8. The lowest BCUT2D eigenvalue weighted by atomic mass is 10.3. The number of anilines is 1. The molecule has 2 aromatic heterocycles. The molecule has 0 fully saturated rings. The molecule has 0 aliphatic carbocycles. The fourth-order valence-corrected chi connectivity index (χ4v) is 3.30. The number of nitrogens with zero attached hydrogens (tertiary/aromatic N) is 1. The van der Waals surface area contributed by atoms with Gasteiger partial charge in [0.2, 0.25) is 5.91 Å². The number of carbonyl (C=O) groups is 1. The van der Waals surface area contributed by atoms with Gasteiger partial charge in [0.25, 0.3) is 0 Å². The van der Waals surface area contributed by atoms with E-state index in [0.29, 0.717) is 15.5 Å². The van der Waals surface area contributed by atoms with Crippen molar-refractivity contribution < 1.29 is 4.79 Å². The van der Waals surface area contributed by atoms with Crippen LogP contribution in [0.4, 0.5) is 5.13 Å². The fourth-order valence-electron chi connectivity index (χ4n) is 1.33. The summed E-state index contributed by atoms with van der Waals surface area (Å²) in [5, 5.41) is 3.42. The van der Waals surface area contributed by atoms with Crippen molar-refractivity contribution in [2.24, 2.45) is 0 Å². The molecule has 0 unspecified atom stereocenters. The van der Waals surface area contributed by atoms with E-state index >= 15 is 0 Å². The largest absolute Gasteiger partial charge is 0.341 e. The van der Waals surface area contributed by atoms with Gasteiger partial charge in [-0.25, -0.2) is 4.98 Å². The number of aromatic nitrogens is 2. The van der Waals surface area contributed by atoms with Gasteiger partial charge in [-0.3, -0.25) is 4.79 Å². The predicted octanol–water partition coefficient (Wildman–Crippen LogP) is 3.06. The Morgan fingerprint density at radius 3 is 2.82 bits per heavy atom. The number of hydrogen-bond donors (Lipinski definition) is 2. The highest BCUT2D eigenvalue weighted by Gasteiger charge is 2.10. The quantitative estimate of drug-likeness (QED) is 0.852. The van der Waals surface area contributed by atoms with E-state index in [2.05, 4.69) is 15.3 Å². The van der Waals surface area contributed by atoms with Gasteiger partial charge in [-0.05, 0) is 26.1 Å². The number of amides is 1. The van der Waals surface area contributed by atoms with E-state index in [-0.39, 0.29) is 5.91 Å².